The third-order valence-corrected chi connectivity index (χ3v) is 4.07. The van der Waals surface area contributed by atoms with Gasteiger partial charge in [0.1, 0.15) is 5.82 Å². The molecular weight excluding hydrogens is 269 g/mol. The molecule has 21 heavy (non-hydrogen) atoms. The Labute approximate surface area is 123 Å². The van der Waals surface area contributed by atoms with Gasteiger partial charge in [0.05, 0.1) is 24.2 Å². The number of aliphatic hydroxyl groups excluding tert-OH is 1. The van der Waals surface area contributed by atoms with Crippen molar-refractivity contribution in [2.45, 2.75) is 18.9 Å². The third kappa shape index (κ3) is 3.19. The monoisotopic (exact) mass is 287 g/mol. The number of nitrogens with zero attached hydrogens (tertiary/aromatic N) is 3. The molecule has 0 radical (unpaired) electrons. The lowest BCUT2D eigenvalue weighted by molar-refractivity contribution is 0.0926. The minimum Gasteiger partial charge on any atom is -0.388 e. The van der Waals surface area contributed by atoms with Crippen LogP contribution in [0, 0.1) is 11.7 Å². The SMILES string of the molecule is O[C@H](c1cccnc1)C1CCN(c2cncc(F)c2)CC1. The molecule has 0 aromatic carbocycles. The van der Waals surface area contributed by atoms with E-state index in [1.54, 1.807) is 18.6 Å². The molecule has 1 aliphatic rings. The molecule has 1 N–H and O–H groups in total. The number of anilines is 1. The van der Waals surface area contributed by atoms with Crippen LogP contribution in [-0.4, -0.2) is 28.2 Å². The molecule has 1 saturated heterocycles. The third-order valence-electron chi connectivity index (χ3n) is 4.07. The van der Waals surface area contributed by atoms with Gasteiger partial charge in [-0.05, 0) is 30.4 Å². The van der Waals surface area contributed by atoms with E-state index in [1.807, 2.05) is 12.1 Å². The van der Waals surface area contributed by atoms with Crippen LogP contribution < -0.4 is 4.90 Å². The van der Waals surface area contributed by atoms with Crippen molar-refractivity contribution in [3.8, 4) is 0 Å². The van der Waals surface area contributed by atoms with Crippen molar-refractivity contribution >= 4 is 5.69 Å². The summed E-state index contributed by atoms with van der Waals surface area (Å²) >= 11 is 0. The largest absolute Gasteiger partial charge is 0.388 e. The number of piperidine rings is 1. The van der Waals surface area contributed by atoms with Crippen molar-refractivity contribution in [3.05, 3.63) is 54.4 Å². The summed E-state index contributed by atoms with van der Waals surface area (Å²) < 4.78 is 13.2. The number of aromatic nitrogens is 2. The van der Waals surface area contributed by atoms with Gasteiger partial charge in [0.2, 0.25) is 0 Å². The zero-order chi connectivity index (χ0) is 14.7. The van der Waals surface area contributed by atoms with E-state index >= 15 is 0 Å². The second-order valence-corrected chi connectivity index (χ2v) is 5.42. The first-order valence-corrected chi connectivity index (χ1v) is 7.17. The predicted molar refractivity (Wildman–Crippen MR) is 78.3 cm³/mol. The van der Waals surface area contributed by atoms with Gasteiger partial charge in [-0.15, -0.1) is 0 Å². The first-order valence-electron chi connectivity index (χ1n) is 7.17. The van der Waals surface area contributed by atoms with Crippen LogP contribution in [0.25, 0.3) is 0 Å². The maximum atomic E-state index is 13.2. The van der Waals surface area contributed by atoms with Gasteiger partial charge in [-0.25, -0.2) is 4.39 Å². The molecule has 0 saturated carbocycles. The lowest BCUT2D eigenvalue weighted by Crippen LogP contribution is -2.35. The molecule has 0 unspecified atom stereocenters. The second-order valence-electron chi connectivity index (χ2n) is 5.42. The first-order chi connectivity index (χ1) is 10.2. The molecule has 0 spiro atoms. The molecule has 110 valence electrons. The van der Waals surface area contributed by atoms with Crippen LogP contribution in [0.2, 0.25) is 0 Å². The number of halogens is 1. The average Bonchev–Trinajstić information content (AvgIpc) is 2.55. The van der Waals surface area contributed by atoms with Gasteiger partial charge in [-0.2, -0.15) is 0 Å². The molecule has 2 aromatic rings. The Kier molecular flexibility index (Phi) is 4.10. The summed E-state index contributed by atoms with van der Waals surface area (Å²) in [6.07, 6.45) is 7.57. The van der Waals surface area contributed by atoms with Crippen LogP contribution in [0.4, 0.5) is 10.1 Å². The van der Waals surface area contributed by atoms with E-state index in [1.165, 1.54) is 12.3 Å². The van der Waals surface area contributed by atoms with Gasteiger partial charge in [-0.1, -0.05) is 6.07 Å². The van der Waals surface area contributed by atoms with Crippen molar-refractivity contribution in [3.63, 3.8) is 0 Å². The van der Waals surface area contributed by atoms with E-state index in [0.29, 0.717) is 0 Å². The topological polar surface area (TPSA) is 49.3 Å². The van der Waals surface area contributed by atoms with E-state index in [0.717, 1.165) is 37.2 Å². The van der Waals surface area contributed by atoms with Crippen LogP contribution >= 0.6 is 0 Å². The van der Waals surface area contributed by atoms with Gasteiger partial charge < -0.3 is 10.0 Å². The van der Waals surface area contributed by atoms with Crippen LogP contribution in [0.15, 0.2) is 43.0 Å². The molecule has 2 aromatic heterocycles. The molecule has 3 rings (SSSR count). The molecular formula is C16H18FN3O. The Morgan fingerprint density at radius 3 is 2.67 bits per heavy atom. The van der Waals surface area contributed by atoms with Gasteiger partial charge in [-0.3, -0.25) is 9.97 Å². The van der Waals surface area contributed by atoms with Gasteiger partial charge >= 0.3 is 0 Å². The van der Waals surface area contributed by atoms with E-state index in [9.17, 15) is 9.50 Å². The summed E-state index contributed by atoms with van der Waals surface area (Å²) in [6, 6.07) is 5.25. The average molecular weight is 287 g/mol. The van der Waals surface area contributed by atoms with Crippen molar-refractivity contribution in [1.29, 1.82) is 0 Å². The van der Waals surface area contributed by atoms with E-state index in [-0.39, 0.29) is 11.7 Å². The van der Waals surface area contributed by atoms with E-state index < -0.39 is 6.10 Å². The lowest BCUT2D eigenvalue weighted by atomic mass is 9.88. The van der Waals surface area contributed by atoms with Crippen LogP contribution in [0.3, 0.4) is 0 Å². The quantitative estimate of drug-likeness (QED) is 0.942. The number of hydrogen-bond acceptors (Lipinski definition) is 4. The van der Waals surface area contributed by atoms with Gasteiger partial charge in [0.15, 0.2) is 0 Å². The van der Waals surface area contributed by atoms with Crippen LogP contribution in [0.5, 0.6) is 0 Å². The zero-order valence-electron chi connectivity index (χ0n) is 11.7. The molecule has 1 fully saturated rings. The molecule has 0 amide bonds. The van der Waals surface area contributed by atoms with Crippen molar-refractivity contribution < 1.29 is 9.50 Å². The molecule has 4 nitrogen and oxygen atoms in total. The summed E-state index contributed by atoms with van der Waals surface area (Å²) in [5, 5.41) is 10.4. The zero-order valence-corrected chi connectivity index (χ0v) is 11.7. The molecule has 1 aliphatic heterocycles. The second kappa shape index (κ2) is 6.18. The predicted octanol–water partition coefficient (Wildman–Crippen LogP) is 2.57. The van der Waals surface area contributed by atoms with E-state index in [4.69, 9.17) is 0 Å². The number of hydrogen-bond donors (Lipinski definition) is 1. The fourth-order valence-electron chi connectivity index (χ4n) is 2.87. The van der Waals surface area contributed by atoms with Crippen molar-refractivity contribution in [1.82, 2.24) is 9.97 Å². The fourth-order valence-corrected chi connectivity index (χ4v) is 2.87. The van der Waals surface area contributed by atoms with Gasteiger partial charge in [0, 0.05) is 31.5 Å². The molecule has 1 atom stereocenters. The maximum Gasteiger partial charge on any atom is 0.143 e. The highest BCUT2D eigenvalue weighted by atomic mass is 19.1. The molecule has 5 heteroatoms. The Hall–Kier alpha value is -2.01. The Balaban J connectivity index is 1.63. The minimum atomic E-state index is -0.480. The summed E-state index contributed by atoms with van der Waals surface area (Å²) in [6.45, 7) is 1.60. The fraction of sp³-hybridized carbons (Fsp3) is 0.375. The Morgan fingerprint density at radius 1 is 1.19 bits per heavy atom. The van der Waals surface area contributed by atoms with Crippen LogP contribution in [0.1, 0.15) is 24.5 Å². The lowest BCUT2D eigenvalue weighted by Gasteiger charge is -2.35. The summed E-state index contributed by atoms with van der Waals surface area (Å²) in [5.41, 5.74) is 1.67. The first kappa shape index (κ1) is 13.9. The highest BCUT2D eigenvalue weighted by molar-refractivity contribution is 5.44. The maximum absolute atomic E-state index is 13.2. The van der Waals surface area contributed by atoms with Crippen molar-refractivity contribution in [2.75, 3.05) is 18.0 Å². The molecule has 0 aliphatic carbocycles. The minimum absolute atomic E-state index is 0.215. The Morgan fingerprint density at radius 2 is 2.00 bits per heavy atom. The summed E-state index contributed by atoms with van der Waals surface area (Å²) in [4.78, 5) is 10.1. The number of aliphatic hydroxyl groups is 1. The number of pyridine rings is 2. The molecule has 3 heterocycles. The summed E-state index contributed by atoms with van der Waals surface area (Å²) in [5.74, 6) is -0.100. The van der Waals surface area contributed by atoms with Crippen molar-refractivity contribution in [2.24, 2.45) is 5.92 Å². The van der Waals surface area contributed by atoms with Gasteiger partial charge in [0.25, 0.3) is 0 Å². The highest BCUT2D eigenvalue weighted by Gasteiger charge is 2.26. The normalized spacial score (nSPS) is 17.7. The highest BCUT2D eigenvalue weighted by Crippen LogP contribution is 2.31. The number of rotatable bonds is 3. The standard InChI is InChI=1S/C16H18FN3O/c17-14-8-15(11-19-10-14)20-6-3-12(4-7-20)16(21)13-2-1-5-18-9-13/h1-2,5,8-12,16,21H,3-4,6-7H2/t16-/m0/s1. The van der Waals surface area contributed by atoms with E-state index in [2.05, 4.69) is 14.9 Å². The van der Waals surface area contributed by atoms with Crippen LogP contribution in [-0.2, 0) is 0 Å². The Bertz CT molecular complexity index is 585. The molecule has 0 bridgehead atoms. The summed E-state index contributed by atoms with van der Waals surface area (Å²) in [7, 11) is 0. The smallest absolute Gasteiger partial charge is 0.143 e.